The summed E-state index contributed by atoms with van der Waals surface area (Å²) in [4.78, 5) is 31.5. The van der Waals surface area contributed by atoms with Crippen molar-refractivity contribution < 1.29 is 19.8 Å². The average Bonchev–Trinajstić information content (AvgIpc) is 3.33. The molecule has 0 aromatic carbocycles. The van der Waals surface area contributed by atoms with Gasteiger partial charge in [-0.3, -0.25) is 9.59 Å². The Kier molecular flexibility index (Phi) is 47.0. The van der Waals surface area contributed by atoms with E-state index >= 15 is 0 Å². The number of hydrogen-bond donors (Lipinski definition) is 4. The van der Waals surface area contributed by atoms with Crippen molar-refractivity contribution in [3.05, 3.63) is 0 Å². The predicted molar refractivity (Wildman–Crippen MR) is 295 cm³/mol. The maximum Gasteiger partial charge on any atom is 0.243 e. The van der Waals surface area contributed by atoms with Gasteiger partial charge in [0.25, 0.3) is 0 Å². The van der Waals surface area contributed by atoms with Crippen LogP contribution in [0.2, 0.25) is 0 Å². The van der Waals surface area contributed by atoms with E-state index in [1.807, 2.05) is 0 Å². The largest absolute Gasteiger partial charge is 0.392 e. The van der Waals surface area contributed by atoms with Gasteiger partial charge >= 0.3 is 0 Å². The number of rotatable bonds is 54. The SMILES string of the molecule is CCCCCCCCCCCCN(CCCC[C@H]1NC(=O)[C@H](CCCCN(CCCCCCCCCCCC)C[C@@H](O)CCCCCCCCCC)NC1=O)C[C@H](O)CCCCCCCCCC. The highest BCUT2D eigenvalue weighted by Gasteiger charge is 2.32. The van der Waals surface area contributed by atoms with Crippen molar-refractivity contribution in [1.29, 1.82) is 0 Å². The molecule has 8 heteroatoms. The van der Waals surface area contributed by atoms with E-state index in [0.717, 1.165) is 90.6 Å². The Balaban J connectivity index is 2.51. The van der Waals surface area contributed by atoms with Gasteiger partial charge in [0.2, 0.25) is 11.8 Å². The fraction of sp³-hybridized carbons (Fsp3) is 0.967. The fourth-order valence-corrected chi connectivity index (χ4v) is 10.5. The maximum atomic E-state index is 13.3. The van der Waals surface area contributed by atoms with Crippen molar-refractivity contribution in [3.8, 4) is 0 Å². The monoisotopic (exact) mass is 961 g/mol. The molecule has 1 aliphatic heterocycles. The summed E-state index contributed by atoms with van der Waals surface area (Å²) in [6, 6.07) is -0.915. The number of aliphatic hydroxyl groups is 2. The quantitative estimate of drug-likeness (QED) is 0.0453. The van der Waals surface area contributed by atoms with Crippen molar-refractivity contribution in [2.75, 3.05) is 39.3 Å². The molecule has 1 aliphatic rings. The van der Waals surface area contributed by atoms with Crippen LogP contribution in [0.25, 0.3) is 0 Å². The van der Waals surface area contributed by atoms with E-state index < -0.39 is 12.1 Å². The number of piperazine rings is 1. The van der Waals surface area contributed by atoms with Crippen molar-refractivity contribution in [2.24, 2.45) is 0 Å². The third kappa shape index (κ3) is 40.4. The smallest absolute Gasteiger partial charge is 0.243 e. The number of aliphatic hydroxyl groups excluding tert-OH is 2. The molecule has 2 amide bonds. The molecule has 1 rings (SSSR count). The number of nitrogens with zero attached hydrogens (tertiary/aromatic N) is 2. The Morgan fingerprint density at radius 2 is 0.559 bits per heavy atom. The molecule has 0 aromatic heterocycles. The summed E-state index contributed by atoms with van der Waals surface area (Å²) in [5, 5.41) is 28.3. The standard InChI is InChI=1S/C60H120N4O4/c1-5-9-13-17-21-25-27-31-35-41-49-63(53-55(65)45-37-33-29-23-19-15-11-7-3)51-43-39-47-57-59(67)62-58(60(68)61-57)48-40-44-52-64(50-42-36-32-28-26-22-18-14-10-6-2)54-56(66)46-38-34-30-24-20-16-12-8-4/h55-58,65-66H,5-54H2,1-4H3,(H,61,68)(H,62,67)/t55-,56+,57-,58+. The summed E-state index contributed by atoms with van der Waals surface area (Å²) in [5.41, 5.74) is 0. The Morgan fingerprint density at radius 3 is 0.824 bits per heavy atom. The highest BCUT2D eigenvalue weighted by atomic mass is 16.3. The first-order valence-corrected chi connectivity index (χ1v) is 30.8. The highest BCUT2D eigenvalue weighted by Crippen LogP contribution is 2.18. The molecular weight excluding hydrogens is 841 g/mol. The molecule has 0 unspecified atom stereocenters. The zero-order valence-electron chi connectivity index (χ0n) is 46.3. The van der Waals surface area contributed by atoms with Crippen LogP contribution in [-0.4, -0.2) is 95.4 Å². The summed E-state index contributed by atoms with van der Waals surface area (Å²) in [5.74, 6) is -0.0754. The predicted octanol–water partition coefficient (Wildman–Crippen LogP) is 15.5. The second kappa shape index (κ2) is 49.4. The molecule has 0 bridgehead atoms. The van der Waals surface area contributed by atoms with Gasteiger partial charge in [-0.2, -0.15) is 0 Å². The summed E-state index contributed by atoms with van der Waals surface area (Å²) in [6.07, 6.45) is 53.4. The van der Waals surface area contributed by atoms with E-state index in [9.17, 15) is 19.8 Å². The van der Waals surface area contributed by atoms with Crippen LogP contribution in [0.3, 0.4) is 0 Å². The van der Waals surface area contributed by atoms with Gasteiger partial charge < -0.3 is 30.6 Å². The lowest BCUT2D eigenvalue weighted by Gasteiger charge is -2.30. The summed E-state index contributed by atoms with van der Waals surface area (Å²) in [7, 11) is 0. The summed E-state index contributed by atoms with van der Waals surface area (Å²) < 4.78 is 0. The minimum atomic E-state index is -0.458. The lowest BCUT2D eigenvalue weighted by atomic mass is 10.0. The van der Waals surface area contributed by atoms with Crippen molar-refractivity contribution in [3.63, 3.8) is 0 Å². The number of carbonyl (C=O) groups is 2. The van der Waals surface area contributed by atoms with Crippen LogP contribution in [0.15, 0.2) is 0 Å². The molecule has 68 heavy (non-hydrogen) atoms. The number of amides is 2. The topological polar surface area (TPSA) is 105 Å². The van der Waals surface area contributed by atoms with Gasteiger partial charge in [-0.05, 0) is 90.4 Å². The van der Waals surface area contributed by atoms with Crippen LogP contribution in [0.1, 0.15) is 310 Å². The van der Waals surface area contributed by atoms with Crippen LogP contribution in [-0.2, 0) is 9.59 Å². The highest BCUT2D eigenvalue weighted by molar-refractivity contribution is 5.96. The van der Waals surface area contributed by atoms with Crippen LogP contribution >= 0.6 is 0 Å². The Hall–Kier alpha value is -1.22. The first kappa shape index (κ1) is 64.8. The number of carbonyl (C=O) groups excluding carboxylic acids is 2. The molecule has 0 aromatic rings. The minimum Gasteiger partial charge on any atom is -0.392 e. The van der Waals surface area contributed by atoms with Gasteiger partial charge in [0, 0.05) is 13.1 Å². The van der Waals surface area contributed by atoms with Crippen LogP contribution in [0.5, 0.6) is 0 Å². The fourth-order valence-electron chi connectivity index (χ4n) is 10.5. The second-order valence-corrected chi connectivity index (χ2v) is 21.9. The normalized spacial score (nSPS) is 16.2. The van der Waals surface area contributed by atoms with Crippen LogP contribution < -0.4 is 10.6 Å². The third-order valence-corrected chi connectivity index (χ3v) is 15.1. The molecule has 4 N–H and O–H groups in total. The molecular formula is C60H120N4O4. The summed E-state index contributed by atoms with van der Waals surface area (Å²) >= 11 is 0. The lowest BCUT2D eigenvalue weighted by molar-refractivity contribution is -0.137. The van der Waals surface area contributed by atoms with Crippen LogP contribution in [0.4, 0.5) is 0 Å². The molecule has 8 nitrogen and oxygen atoms in total. The van der Waals surface area contributed by atoms with Gasteiger partial charge in [-0.15, -0.1) is 0 Å². The van der Waals surface area contributed by atoms with E-state index in [-0.39, 0.29) is 24.0 Å². The molecule has 1 saturated heterocycles. The van der Waals surface area contributed by atoms with Gasteiger partial charge in [0.1, 0.15) is 12.1 Å². The third-order valence-electron chi connectivity index (χ3n) is 15.1. The zero-order chi connectivity index (χ0) is 49.4. The minimum absolute atomic E-state index is 0.0377. The van der Waals surface area contributed by atoms with Gasteiger partial charge in [0.05, 0.1) is 12.2 Å². The Morgan fingerprint density at radius 1 is 0.338 bits per heavy atom. The molecule has 0 aliphatic carbocycles. The molecule has 1 fully saturated rings. The average molecular weight is 962 g/mol. The van der Waals surface area contributed by atoms with E-state index in [2.05, 4.69) is 48.1 Å². The Bertz CT molecular complexity index is 996. The molecule has 0 spiro atoms. The molecule has 404 valence electrons. The first-order chi connectivity index (χ1) is 33.3. The van der Waals surface area contributed by atoms with Crippen LogP contribution in [0, 0.1) is 0 Å². The second-order valence-electron chi connectivity index (χ2n) is 21.9. The van der Waals surface area contributed by atoms with E-state index in [4.69, 9.17) is 0 Å². The number of unbranched alkanes of at least 4 members (excludes halogenated alkanes) is 34. The molecule has 0 radical (unpaired) electrons. The molecule has 4 atom stereocenters. The first-order valence-electron chi connectivity index (χ1n) is 30.8. The number of nitrogens with one attached hydrogen (secondary N) is 2. The van der Waals surface area contributed by atoms with Gasteiger partial charge in [0.15, 0.2) is 0 Å². The number of hydrogen-bond acceptors (Lipinski definition) is 6. The maximum absolute atomic E-state index is 13.3. The van der Waals surface area contributed by atoms with E-state index in [1.54, 1.807) is 0 Å². The Labute approximate surface area is 424 Å². The van der Waals surface area contributed by atoms with Crippen molar-refractivity contribution in [2.45, 2.75) is 335 Å². The zero-order valence-corrected chi connectivity index (χ0v) is 46.3. The molecule has 0 saturated carbocycles. The lowest BCUT2D eigenvalue weighted by Crippen LogP contribution is -2.61. The van der Waals surface area contributed by atoms with Crippen molar-refractivity contribution in [1.82, 2.24) is 20.4 Å². The van der Waals surface area contributed by atoms with E-state index in [0.29, 0.717) is 12.8 Å². The van der Waals surface area contributed by atoms with Gasteiger partial charge in [-0.1, -0.05) is 246 Å². The summed E-state index contributed by atoms with van der Waals surface area (Å²) in [6.45, 7) is 14.5. The molecule has 1 heterocycles. The van der Waals surface area contributed by atoms with E-state index in [1.165, 1.54) is 218 Å². The van der Waals surface area contributed by atoms with Gasteiger partial charge in [-0.25, -0.2) is 0 Å². The van der Waals surface area contributed by atoms with Crippen molar-refractivity contribution >= 4 is 11.8 Å².